The Bertz CT molecular complexity index is 1290. The maximum Gasteiger partial charge on any atom is 0.229 e. The monoisotopic (exact) mass is 488 g/mol. The molecule has 6 nitrogen and oxygen atoms in total. The van der Waals surface area contributed by atoms with E-state index in [-0.39, 0.29) is 0 Å². The van der Waals surface area contributed by atoms with Crippen LogP contribution in [0.2, 0.25) is 0 Å². The van der Waals surface area contributed by atoms with Crippen molar-refractivity contribution in [2.45, 2.75) is 19.9 Å². The first-order chi connectivity index (χ1) is 15.7. The van der Waals surface area contributed by atoms with E-state index in [2.05, 4.69) is 102 Å². The highest BCUT2D eigenvalue weighted by Gasteiger charge is 2.12. The van der Waals surface area contributed by atoms with Crippen LogP contribution in [-0.2, 0) is 6.54 Å². The third-order valence-corrected chi connectivity index (χ3v) is 6.21. The van der Waals surface area contributed by atoms with Gasteiger partial charge in [0, 0.05) is 47.6 Å². The Morgan fingerprint density at radius 2 is 2.09 bits per heavy atom. The lowest BCUT2D eigenvalue weighted by atomic mass is 9.99. The van der Waals surface area contributed by atoms with E-state index in [0.29, 0.717) is 12.5 Å². The molecule has 0 bridgehead atoms. The van der Waals surface area contributed by atoms with Crippen molar-refractivity contribution >= 4 is 49.9 Å². The van der Waals surface area contributed by atoms with Crippen molar-refractivity contribution in [3.05, 3.63) is 82.1 Å². The second-order valence-corrected chi connectivity index (χ2v) is 8.86. The maximum absolute atomic E-state index is 4.68. The Morgan fingerprint density at radius 1 is 1.16 bits per heavy atom. The molecule has 2 aromatic heterocycles. The Hall–Kier alpha value is -3.16. The van der Waals surface area contributed by atoms with E-state index in [4.69, 9.17) is 0 Å². The summed E-state index contributed by atoms with van der Waals surface area (Å²) in [6.45, 7) is 4.73. The smallest absolute Gasteiger partial charge is 0.229 e. The fraction of sp³-hybridized carbons (Fsp3) is 0.200. The average molecular weight is 489 g/mol. The average Bonchev–Trinajstić information content (AvgIpc) is 3.23. The third kappa shape index (κ3) is 4.54. The van der Waals surface area contributed by atoms with Gasteiger partial charge in [-0.25, -0.2) is 4.98 Å². The number of rotatable bonds is 6. The molecule has 0 amide bonds. The molecule has 0 spiro atoms. The highest BCUT2D eigenvalue weighted by molar-refractivity contribution is 9.10. The van der Waals surface area contributed by atoms with Gasteiger partial charge in [0.1, 0.15) is 5.82 Å². The molecule has 0 unspecified atom stereocenters. The Balaban J connectivity index is 1.36. The summed E-state index contributed by atoms with van der Waals surface area (Å²) in [5, 5.41) is 11.3. The summed E-state index contributed by atoms with van der Waals surface area (Å²) >= 11 is 3.55. The molecular weight excluding hydrogens is 464 g/mol. The molecule has 32 heavy (non-hydrogen) atoms. The molecule has 5 rings (SSSR count). The van der Waals surface area contributed by atoms with Crippen LogP contribution < -0.4 is 16.0 Å². The van der Waals surface area contributed by atoms with E-state index in [0.717, 1.165) is 41.0 Å². The van der Waals surface area contributed by atoms with E-state index in [1.807, 2.05) is 6.07 Å². The van der Waals surface area contributed by atoms with Crippen LogP contribution in [0.3, 0.4) is 0 Å². The van der Waals surface area contributed by atoms with Crippen LogP contribution in [0.25, 0.3) is 16.5 Å². The molecule has 162 valence electrons. The molecule has 4 aromatic rings. The molecular formula is C25H25BrN6. The summed E-state index contributed by atoms with van der Waals surface area (Å²) in [4.78, 5) is 12.5. The van der Waals surface area contributed by atoms with Crippen molar-refractivity contribution in [3.8, 4) is 0 Å². The summed E-state index contributed by atoms with van der Waals surface area (Å²) in [5.74, 6) is 1.31. The van der Waals surface area contributed by atoms with Gasteiger partial charge >= 0.3 is 0 Å². The summed E-state index contributed by atoms with van der Waals surface area (Å²) in [7, 11) is 0. The van der Waals surface area contributed by atoms with E-state index in [1.165, 1.54) is 27.6 Å². The topological polar surface area (TPSA) is 77.7 Å². The highest BCUT2D eigenvalue weighted by Crippen LogP contribution is 2.31. The van der Waals surface area contributed by atoms with Crippen LogP contribution in [0.4, 0.5) is 17.5 Å². The van der Waals surface area contributed by atoms with Crippen molar-refractivity contribution in [3.63, 3.8) is 0 Å². The van der Waals surface area contributed by atoms with Gasteiger partial charge in [-0.15, -0.1) is 0 Å². The van der Waals surface area contributed by atoms with Crippen LogP contribution in [0.5, 0.6) is 0 Å². The van der Waals surface area contributed by atoms with E-state index < -0.39 is 0 Å². The number of aromatic amines is 1. The second-order valence-electron chi connectivity index (χ2n) is 8.00. The number of hydrogen-bond acceptors (Lipinski definition) is 5. The van der Waals surface area contributed by atoms with Crippen LogP contribution in [0.15, 0.2) is 65.4 Å². The summed E-state index contributed by atoms with van der Waals surface area (Å²) in [6.07, 6.45) is 7.19. The van der Waals surface area contributed by atoms with Gasteiger partial charge in [-0.1, -0.05) is 35.9 Å². The van der Waals surface area contributed by atoms with Crippen LogP contribution >= 0.6 is 15.9 Å². The lowest BCUT2D eigenvalue weighted by Gasteiger charge is -2.14. The molecule has 1 aliphatic heterocycles. The Kier molecular flexibility index (Phi) is 5.92. The van der Waals surface area contributed by atoms with E-state index >= 15 is 0 Å². The summed E-state index contributed by atoms with van der Waals surface area (Å²) in [5.41, 5.74) is 7.19. The quantitative estimate of drug-likeness (QED) is 0.277. The number of anilines is 3. The van der Waals surface area contributed by atoms with Gasteiger partial charge in [-0.05, 0) is 65.2 Å². The molecule has 4 N–H and O–H groups in total. The Labute approximate surface area is 195 Å². The molecule has 0 saturated carbocycles. The number of nitrogens with one attached hydrogen (secondary N) is 4. The van der Waals surface area contributed by atoms with Gasteiger partial charge in [-0.2, -0.15) is 4.98 Å². The predicted molar refractivity (Wildman–Crippen MR) is 135 cm³/mol. The second kappa shape index (κ2) is 9.14. The molecule has 2 aromatic carbocycles. The summed E-state index contributed by atoms with van der Waals surface area (Å²) in [6, 6.07) is 14.7. The number of halogens is 1. The number of H-pyrrole nitrogens is 1. The molecule has 1 aliphatic rings. The molecule has 7 heteroatoms. The fourth-order valence-corrected chi connectivity index (χ4v) is 4.35. The van der Waals surface area contributed by atoms with Crippen molar-refractivity contribution < 1.29 is 0 Å². The highest BCUT2D eigenvalue weighted by atomic mass is 79.9. The normalized spacial score (nSPS) is 13.8. The van der Waals surface area contributed by atoms with Crippen molar-refractivity contribution in [1.29, 1.82) is 0 Å². The first kappa shape index (κ1) is 20.7. The zero-order valence-electron chi connectivity index (χ0n) is 17.9. The standard InChI is InChI=1S/C25H25BrN6/c1-16-3-2-4-17(11-16)13-29-24-22(26)15-30-25(32-24)31-19-5-6-23-20(12-19)21(14-28-23)18-7-9-27-10-8-18/h2-7,11-12,14-15,27-28H,8-10,13H2,1H3,(H2,29,30,31,32). The van der Waals surface area contributed by atoms with Crippen molar-refractivity contribution in [1.82, 2.24) is 20.3 Å². The zero-order valence-corrected chi connectivity index (χ0v) is 19.5. The minimum atomic E-state index is 0.553. The minimum absolute atomic E-state index is 0.553. The number of aryl methyl sites for hydroxylation is 1. The van der Waals surface area contributed by atoms with Crippen molar-refractivity contribution in [2.75, 3.05) is 23.7 Å². The number of hydrogen-bond donors (Lipinski definition) is 4. The number of fused-ring (bicyclic) bond motifs is 1. The lowest BCUT2D eigenvalue weighted by Crippen LogP contribution is -2.19. The van der Waals surface area contributed by atoms with Crippen LogP contribution in [-0.4, -0.2) is 28.0 Å². The number of aromatic nitrogens is 3. The van der Waals surface area contributed by atoms with Crippen LogP contribution in [0.1, 0.15) is 23.1 Å². The van der Waals surface area contributed by atoms with Gasteiger partial charge in [0.25, 0.3) is 0 Å². The summed E-state index contributed by atoms with van der Waals surface area (Å²) < 4.78 is 0.830. The SMILES string of the molecule is Cc1cccc(CNc2nc(Nc3ccc4[nH]cc(C5=CCNCC5)c4c3)ncc2Br)c1. The van der Waals surface area contributed by atoms with Gasteiger partial charge in [0.2, 0.25) is 5.95 Å². The number of benzene rings is 2. The first-order valence-electron chi connectivity index (χ1n) is 10.8. The molecule has 0 fully saturated rings. The fourth-order valence-electron chi connectivity index (χ4n) is 4.02. The first-order valence-corrected chi connectivity index (χ1v) is 11.6. The third-order valence-electron chi connectivity index (χ3n) is 5.63. The van der Waals surface area contributed by atoms with Crippen LogP contribution in [0, 0.1) is 6.92 Å². The van der Waals surface area contributed by atoms with E-state index in [9.17, 15) is 0 Å². The van der Waals surface area contributed by atoms with E-state index in [1.54, 1.807) is 6.20 Å². The Morgan fingerprint density at radius 3 is 2.94 bits per heavy atom. The van der Waals surface area contributed by atoms with Crippen molar-refractivity contribution in [2.24, 2.45) is 0 Å². The lowest BCUT2D eigenvalue weighted by molar-refractivity contribution is 0.739. The maximum atomic E-state index is 4.68. The van der Waals surface area contributed by atoms with Gasteiger partial charge in [0.05, 0.1) is 4.47 Å². The molecule has 0 aliphatic carbocycles. The molecule has 0 saturated heterocycles. The van der Waals surface area contributed by atoms with Gasteiger partial charge in [-0.3, -0.25) is 0 Å². The zero-order chi connectivity index (χ0) is 21.9. The minimum Gasteiger partial charge on any atom is -0.365 e. The predicted octanol–water partition coefficient (Wildman–Crippen LogP) is 5.76. The molecule has 0 radical (unpaired) electrons. The molecule has 3 heterocycles. The largest absolute Gasteiger partial charge is 0.365 e. The molecule has 0 atom stereocenters. The van der Waals surface area contributed by atoms with Gasteiger partial charge < -0.3 is 20.9 Å². The number of nitrogens with zero attached hydrogens (tertiary/aromatic N) is 2. The van der Waals surface area contributed by atoms with Gasteiger partial charge in [0.15, 0.2) is 0 Å².